The maximum absolute atomic E-state index is 6.27. The molecule has 0 saturated heterocycles. The van der Waals surface area contributed by atoms with Gasteiger partial charge in [0.2, 0.25) is 0 Å². The van der Waals surface area contributed by atoms with Gasteiger partial charge in [-0.05, 0) is 48.5 Å². The van der Waals surface area contributed by atoms with E-state index >= 15 is 0 Å². The molecule has 2 aromatic heterocycles. The normalized spacial score (nSPS) is 11.1. The smallest absolute Gasteiger partial charge is 0.163 e. The number of hydrogen-bond acceptors (Lipinski definition) is 7. The van der Waals surface area contributed by atoms with Crippen molar-refractivity contribution < 1.29 is 13.8 Å². The van der Waals surface area contributed by atoms with Gasteiger partial charge in [-0.2, -0.15) is 0 Å². The summed E-state index contributed by atoms with van der Waals surface area (Å²) in [4.78, 5) is 0. The van der Waals surface area contributed by atoms with E-state index in [2.05, 4.69) is 20.9 Å². The lowest BCUT2D eigenvalue weighted by molar-refractivity contribution is 0.0727. The van der Waals surface area contributed by atoms with E-state index in [1.165, 1.54) is 0 Å². The van der Waals surface area contributed by atoms with E-state index in [-0.39, 0.29) is 13.2 Å². The van der Waals surface area contributed by atoms with Gasteiger partial charge in [-0.3, -0.25) is 0 Å². The summed E-state index contributed by atoms with van der Waals surface area (Å²) in [6, 6.07) is 30.4. The van der Waals surface area contributed by atoms with Crippen molar-refractivity contribution in [3.63, 3.8) is 0 Å². The number of nitrogens with one attached hydrogen (secondary N) is 2. The van der Waals surface area contributed by atoms with Crippen molar-refractivity contribution in [1.29, 1.82) is 0 Å². The number of benzene rings is 4. The molecule has 6 aromatic rings. The Kier molecular flexibility index (Phi) is 9.94. The Morgan fingerprint density at radius 3 is 1.29 bits per heavy atom. The molecule has 228 valence electrons. The van der Waals surface area contributed by atoms with E-state index in [0.29, 0.717) is 56.1 Å². The maximum Gasteiger partial charge on any atom is 0.163 e. The highest BCUT2D eigenvalue weighted by Crippen LogP contribution is 2.28. The Morgan fingerprint density at radius 1 is 0.533 bits per heavy atom. The van der Waals surface area contributed by atoms with E-state index in [1.807, 2.05) is 97.1 Å². The average Bonchev–Trinajstić information content (AvgIpc) is 3.72. The molecule has 0 aliphatic carbocycles. The number of halogens is 4. The van der Waals surface area contributed by atoms with Crippen LogP contribution in [0.15, 0.2) is 106 Å². The molecule has 0 atom stereocenters. The topological polar surface area (TPSA) is 85.4 Å². The third-order valence-electron chi connectivity index (χ3n) is 7.03. The first-order valence-corrected chi connectivity index (χ1v) is 15.5. The van der Waals surface area contributed by atoms with Gasteiger partial charge in [-0.25, -0.2) is 0 Å². The highest BCUT2D eigenvalue weighted by Gasteiger charge is 2.11. The summed E-state index contributed by atoms with van der Waals surface area (Å²) in [5.41, 5.74) is 6.83. The Bertz CT molecular complexity index is 1710. The summed E-state index contributed by atoms with van der Waals surface area (Å²) in [6.07, 6.45) is 0. The molecule has 0 unspecified atom stereocenters. The van der Waals surface area contributed by atoms with Crippen molar-refractivity contribution in [2.24, 2.45) is 0 Å². The summed E-state index contributed by atoms with van der Waals surface area (Å²) < 4.78 is 16.8. The van der Waals surface area contributed by atoms with Crippen molar-refractivity contribution in [3.05, 3.63) is 140 Å². The number of hydrogen-bond donors (Lipinski definition) is 2. The van der Waals surface area contributed by atoms with Crippen molar-refractivity contribution >= 4 is 57.8 Å². The zero-order valence-electron chi connectivity index (χ0n) is 23.7. The Labute approximate surface area is 280 Å². The molecule has 6 rings (SSSR count). The van der Waals surface area contributed by atoms with E-state index in [0.717, 1.165) is 33.6 Å². The number of nitrogens with zero attached hydrogens (tertiary/aromatic N) is 2. The molecule has 0 amide bonds. The van der Waals surface area contributed by atoms with E-state index in [4.69, 9.17) is 60.2 Å². The summed E-state index contributed by atoms with van der Waals surface area (Å²) in [5.74, 6) is 1.20. The molecule has 7 nitrogen and oxygen atoms in total. The van der Waals surface area contributed by atoms with Crippen LogP contribution >= 0.6 is 46.4 Å². The van der Waals surface area contributed by atoms with Gasteiger partial charge in [0.1, 0.15) is 24.6 Å². The minimum Gasteiger partial charge on any atom is -0.381 e. The van der Waals surface area contributed by atoms with Crippen LogP contribution in [-0.4, -0.2) is 10.3 Å². The lowest BCUT2D eigenvalue weighted by atomic mass is 10.1. The van der Waals surface area contributed by atoms with Crippen molar-refractivity contribution in [3.8, 4) is 22.5 Å². The molecule has 0 aliphatic heterocycles. The van der Waals surface area contributed by atoms with Gasteiger partial charge >= 0.3 is 0 Å². The third-order valence-corrected chi connectivity index (χ3v) is 8.45. The average molecular weight is 680 g/mol. The molecule has 0 saturated carbocycles. The Morgan fingerprint density at radius 2 is 0.911 bits per heavy atom. The van der Waals surface area contributed by atoms with Crippen LogP contribution in [-0.2, 0) is 31.0 Å². The molecule has 0 aliphatic rings. The van der Waals surface area contributed by atoms with Crippen LogP contribution in [0.25, 0.3) is 22.5 Å². The van der Waals surface area contributed by atoms with Crippen LogP contribution in [0.5, 0.6) is 0 Å². The molecular weight excluding hydrogens is 654 g/mol. The zero-order valence-corrected chi connectivity index (χ0v) is 26.7. The fraction of sp³-hybridized carbons (Fsp3) is 0.118. The first kappa shape index (κ1) is 31.0. The second-order valence-electron chi connectivity index (χ2n) is 10.1. The van der Waals surface area contributed by atoms with Crippen LogP contribution < -0.4 is 10.6 Å². The van der Waals surface area contributed by atoms with Crippen molar-refractivity contribution in [1.82, 2.24) is 10.3 Å². The minimum absolute atomic E-state index is 0.233. The van der Waals surface area contributed by atoms with Gasteiger partial charge in [-0.15, -0.1) is 0 Å². The first-order chi connectivity index (χ1) is 21.9. The summed E-state index contributed by atoms with van der Waals surface area (Å²) in [7, 11) is 0. The van der Waals surface area contributed by atoms with Crippen LogP contribution in [0.4, 0.5) is 11.4 Å². The standard InChI is InChI=1S/C34H26Cl4N4O3/c35-29-3-1-4-30(36)27(29)17-39-23-11-7-21(8-12-23)33-15-25(44-41-33)19-43-20-26-16-34(42-45-26)22-9-13-24(14-10-22)40-18-28-31(37)5-2-6-32(28)38/h1-16,39-40H,17-20H2. The minimum atomic E-state index is 0.233. The maximum atomic E-state index is 6.27. The predicted molar refractivity (Wildman–Crippen MR) is 180 cm³/mol. The molecular formula is C34H26Cl4N4O3. The van der Waals surface area contributed by atoms with Gasteiger partial charge in [0.05, 0.1) is 0 Å². The molecule has 2 heterocycles. The molecule has 0 spiro atoms. The number of ether oxygens (including phenoxy) is 1. The lowest BCUT2D eigenvalue weighted by Crippen LogP contribution is -2.00. The number of rotatable bonds is 12. The lowest BCUT2D eigenvalue weighted by Gasteiger charge is -2.10. The van der Waals surface area contributed by atoms with Crippen molar-refractivity contribution in [2.45, 2.75) is 26.3 Å². The SMILES string of the molecule is Clc1cccc(Cl)c1CNc1ccc(-c2cc(COCc3cc(-c4ccc(NCc5c(Cl)cccc5Cl)cc4)no3)on2)cc1. The zero-order chi connectivity index (χ0) is 31.2. The first-order valence-electron chi connectivity index (χ1n) is 14.0. The second kappa shape index (κ2) is 14.4. The summed E-state index contributed by atoms with van der Waals surface area (Å²) in [5, 5.41) is 17.6. The van der Waals surface area contributed by atoms with Crippen LogP contribution in [0.2, 0.25) is 20.1 Å². The van der Waals surface area contributed by atoms with Crippen LogP contribution in [0.1, 0.15) is 22.6 Å². The second-order valence-corrected chi connectivity index (χ2v) is 11.7. The van der Waals surface area contributed by atoms with Crippen LogP contribution in [0, 0.1) is 0 Å². The summed E-state index contributed by atoms with van der Waals surface area (Å²) >= 11 is 25.1. The molecule has 0 bridgehead atoms. The van der Waals surface area contributed by atoms with Gasteiger partial charge in [0.15, 0.2) is 11.5 Å². The molecule has 45 heavy (non-hydrogen) atoms. The van der Waals surface area contributed by atoms with E-state index < -0.39 is 0 Å². The summed E-state index contributed by atoms with van der Waals surface area (Å²) in [6.45, 7) is 1.50. The Hall–Kier alpha value is -3.98. The van der Waals surface area contributed by atoms with Crippen molar-refractivity contribution in [2.75, 3.05) is 10.6 Å². The highest BCUT2D eigenvalue weighted by molar-refractivity contribution is 6.36. The van der Waals surface area contributed by atoms with Gasteiger partial charge in [0, 0.05) is 78.9 Å². The molecule has 4 aromatic carbocycles. The largest absolute Gasteiger partial charge is 0.381 e. The fourth-order valence-corrected chi connectivity index (χ4v) is 5.65. The number of aromatic nitrogens is 2. The van der Waals surface area contributed by atoms with E-state index in [9.17, 15) is 0 Å². The molecule has 0 fully saturated rings. The third kappa shape index (κ3) is 7.82. The highest BCUT2D eigenvalue weighted by atomic mass is 35.5. The van der Waals surface area contributed by atoms with Gasteiger partial charge < -0.3 is 24.4 Å². The van der Waals surface area contributed by atoms with Gasteiger partial charge in [0.25, 0.3) is 0 Å². The monoisotopic (exact) mass is 678 g/mol. The predicted octanol–water partition coefficient (Wildman–Crippen LogP) is 10.6. The fourth-order valence-electron chi connectivity index (χ4n) is 4.59. The Balaban J connectivity index is 0.973. The molecule has 2 N–H and O–H groups in total. The van der Waals surface area contributed by atoms with Gasteiger partial charge in [-0.1, -0.05) is 93.1 Å². The van der Waals surface area contributed by atoms with Crippen LogP contribution in [0.3, 0.4) is 0 Å². The van der Waals surface area contributed by atoms with E-state index in [1.54, 1.807) is 0 Å². The molecule has 0 radical (unpaired) electrons. The molecule has 11 heteroatoms. The quantitative estimate of drug-likeness (QED) is 0.133. The number of anilines is 2.